The van der Waals surface area contributed by atoms with Gasteiger partial charge in [-0.15, -0.1) is 11.3 Å². The Morgan fingerprint density at radius 2 is 2.25 bits per heavy atom. The fourth-order valence-electron chi connectivity index (χ4n) is 1.37. The highest BCUT2D eigenvalue weighted by molar-refractivity contribution is 7.13. The van der Waals surface area contributed by atoms with E-state index in [0.29, 0.717) is 12.3 Å². The first-order chi connectivity index (χ1) is 7.85. The Morgan fingerprint density at radius 3 is 2.94 bits per heavy atom. The number of thiazole rings is 1. The summed E-state index contributed by atoms with van der Waals surface area (Å²) in [6.07, 6.45) is 0. The van der Waals surface area contributed by atoms with Gasteiger partial charge in [0, 0.05) is 5.38 Å². The summed E-state index contributed by atoms with van der Waals surface area (Å²) in [4.78, 5) is 4.22. The second kappa shape index (κ2) is 4.77. The summed E-state index contributed by atoms with van der Waals surface area (Å²) >= 11 is 1.45. The van der Waals surface area contributed by atoms with Gasteiger partial charge in [0.05, 0.1) is 12.2 Å². The van der Waals surface area contributed by atoms with Crippen LogP contribution in [0.15, 0.2) is 29.6 Å². The zero-order valence-electron chi connectivity index (χ0n) is 8.80. The molecule has 0 aliphatic carbocycles. The highest BCUT2D eigenvalue weighted by Crippen LogP contribution is 2.31. The molecule has 2 aromatic rings. The number of hydrogen-bond acceptors (Lipinski definition) is 4. The van der Waals surface area contributed by atoms with Gasteiger partial charge in [0.15, 0.2) is 5.69 Å². The van der Waals surface area contributed by atoms with Crippen LogP contribution in [0.4, 0.5) is 0 Å². The monoisotopic (exact) mass is 230 g/mol. The zero-order valence-corrected chi connectivity index (χ0v) is 9.62. The van der Waals surface area contributed by atoms with Crippen LogP contribution in [-0.4, -0.2) is 11.6 Å². The van der Waals surface area contributed by atoms with Gasteiger partial charge in [-0.3, -0.25) is 0 Å². The molecule has 0 spiro atoms. The SMILES string of the molecule is CCOc1ccccc1-c1nc(C#N)cs1. The van der Waals surface area contributed by atoms with E-state index in [1.54, 1.807) is 5.38 Å². The number of hydrogen-bond donors (Lipinski definition) is 0. The third-order valence-corrected chi connectivity index (χ3v) is 2.91. The van der Waals surface area contributed by atoms with Crippen molar-refractivity contribution >= 4 is 11.3 Å². The van der Waals surface area contributed by atoms with E-state index in [0.717, 1.165) is 16.3 Å². The quantitative estimate of drug-likeness (QED) is 0.814. The molecule has 1 aromatic carbocycles. The lowest BCUT2D eigenvalue weighted by molar-refractivity contribution is 0.341. The average molecular weight is 230 g/mol. The molecule has 0 fully saturated rings. The molecule has 0 aliphatic rings. The molecular weight excluding hydrogens is 220 g/mol. The molecule has 3 nitrogen and oxygen atoms in total. The van der Waals surface area contributed by atoms with Crippen molar-refractivity contribution in [3.63, 3.8) is 0 Å². The standard InChI is InChI=1S/C12H10N2OS/c1-2-15-11-6-4-3-5-10(11)12-14-9(7-13)8-16-12/h3-6,8H,2H2,1H3. The van der Waals surface area contributed by atoms with Crippen molar-refractivity contribution in [1.29, 1.82) is 5.26 Å². The van der Waals surface area contributed by atoms with Crippen molar-refractivity contribution in [2.75, 3.05) is 6.61 Å². The van der Waals surface area contributed by atoms with Crippen molar-refractivity contribution in [1.82, 2.24) is 4.98 Å². The largest absolute Gasteiger partial charge is 0.493 e. The lowest BCUT2D eigenvalue weighted by atomic mass is 10.2. The van der Waals surface area contributed by atoms with Crippen LogP contribution in [0.5, 0.6) is 5.75 Å². The van der Waals surface area contributed by atoms with Crippen LogP contribution in [0.3, 0.4) is 0 Å². The van der Waals surface area contributed by atoms with E-state index in [1.807, 2.05) is 37.3 Å². The van der Waals surface area contributed by atoms with Crippen LogP contribution in [0.1, 0.15) is 12.6 Å². The Labute approximate surface area is 97.9 Å². The summed E-state index contributed by atoms with van der Waals surface area (Å²) in [6.45, 7) is 2.56. The maximum Gasteiger partial charge on any atom is 0.152 e. The van der Waals surface area contributed by atoms with Crippen LogP contribution < -0.4 is 4.74 Å². The molecular formula is C12H10N2OS. The minimum Gasteiger partial charge on any atom is -0.493 e. The van der Waals surface area contributed by atoms with E-state index in [2.05, 4.69) is 4.98 Å². The van der Waals surface area contributed by atoms with Crippen molar-refractivity contribution in [2.45, 2.75) is 6.92 Å². The maximum absolute atomic E-state index is 8.73. The Morgan fingerprint density at radius 1 is 1.44 bits per heavy atom. The molecule has 0 unspecified atom stereocenters. The molecule has 0 bridgehead atoms. The average Bonchev–Trinajstić information content (AvgIpc) is 2.79. The molecule has 0 radical (unpaired) electrons. The van der Waals surface area contributed by atoms with E-state index in [4.69, 9.17) is 10.00 Å². The van der Waals surface area contributed by atoms with Gasteiger partial charge in [-0.05, 0) is 19.1 Å². The first kappa shape index (κ1) is 10.7. The van der Waals surface area contributed by atoms with Crippen molar-refractivity contribution < 1.29 is 4.74 Å². The molecule has 0 saturated carbocycles. The third-order valence-electron chi connectivity index (χ3n) is 2.04. The molecule has 0 saturated heterocycles. The van der Waals surface area contributed by atoms with Gasteiger partial charge < -0.3 is 4.74 Å². The van der Waals surface area contributed by atoms with Crippen LogP contribution in [0, 0.1) is 11.3 Å². The second-order valence-electron chi connectivity index (χ2n) is 3.08. The number of nitriles is 1. The number of ether oxygens (including phenoxy) is 1. The predicted octanol–water partition coefficient (Wildman–Crippen LogP) is 3.08. The summed E-state index contributed by atoms with van der Waals surface area (Å²) in [7, 11) is 0. The van der Waals surface area contributed by atoms with Crippen LogP contribution in [0.25, 0.3) is 10.6 Å². The molecule has 16 heavy (non-hydrogen) atoms. The number of para-hydroxylation sites is 1. The van der Waals surface area contributed by atoms with Crippen molar-refractivity contribution in [3.8, 4) is 22.4 Å². The maximum atomic E-state index is 8.73. The Balaban J connectivity index is 2.43. The molecule has 1 aromatic heterocycles. The Hall–Kier alpha value is -1.86. The number of rotatable bonds is 3. The molecule has 2 rings (SSSR count). The minimum absolute atomic E-state index is 0.450. The number of nitrogens with zero attached hydrogens (tertiary/aromatic N) is 2. The molecule has 80 valence electrons. The molecule has 0 amide bonds. The third kappa shape index (κ3) is 2.05. The summed E-state index contributed by atoms with van der Waals surface area (Å²) in [6, 6.07) is 9.75. The first-order valence-electron chi connectivity index (χ1n) is 4.93. The Kier molecular flexibility index (Phi) is 3.18. The van der Waals surface area contributed by atoms with Gasteiger partial charge in [-0.1, -0.05) is 12.1 Å². The normalized spacial score (nSPS) is 9.75. The van der Waals surface area contributed by atoms with Gasteiger partial charge in [0.1, 0.15) is 16.8 Å². The van der Waals surface area contributed by atoms with Gasteiger partial charge >= 0.3 is 0 Å². The molecule has 1 heterocycles. The number of benzene rings is 1. The van der Waals surface area contributed by atoms with Gasteiger partial charge in [0.25, 0.3) is 0 Å². The van der Waals surface area contributed by atoms with Crippen LogP contribution >= 0.6 is 11.3 Å². The lowest BCUT2D eigenvalue weighted by Crippen LogP contribution is -1.93. The Bertz CT molecular complexity index is 528. The first-order valence-corrected chi connectivity index (χ1v) is 5.81. The molecule has 4 heteroatoms. The topological polar surface area (TPSA) is 45.9 Å². The number of aromatic nitrogens is 1. The van der Waals surface area contributed by atoms with Crippen molar-refractivity contribution in [3.05, 3.63) is 35.3 Å². The van der Waals surface area contributed by atoms with E-state index >= 15 is 0 Å². The van der Waals surface area contributed by atoms with E-state index in [1.165, 1.54) is 11.3 Å². The van der Waals surface area contributed by atoms with Gasteiger partial charge in [-0.25, -0.2) is 4.98 Å². The van der Waals surface area contributed by atoms with E-state index in [9.17, 15) is 0 Å². The van der Waals surface area contributed by atoms with Crippen LogP contribution in [0.2, 0.25) is 0 Å². The summed E-state index contributed by atoms with van der Waals surface area (Å²) < 4.78 is 5.52. The smallest absolute Gasteiger partial charge is 0.152 e. The highest BCUT2D eigenvalue weighted by Gasteiger charge is 2.09. The van der Waals surface area contributed by atoms with E-state index < -0.39 is 0 Å². The van der Waals surface area contributed by atoms with Crippen molar-refractivity contribution in [2.24, 2.45) is 0 Å². The zero-order chi connectivity index (χ0) is 11.4. The highest BCUT2D eigenvalue weighted by atomic mass is 32.1. The lowest BCUT2D eigenvalue weighted by Gasteiger charge is -2.06. The van der Waals surface area contributed by atoms with E-state index in [-0.39, 0.29) is 0 Å². The minimum atomic E-state index is 0.450. The van der Waals surface area contributed by atoms with Crippen LogP contribution in [-0.2, 0) is 0 Å². The summed E-state index contributed by atoms with van der Waals surface area (Å²) in [5.41, 5.74) is 1.39. The predicted molar refractivity (Wildman–Crippen MR) is 63.4 cm³/mol. The fraction of sp³-hybridized carbons (Fsp3) is 0.167. The fourth-order valence-corrected chi connectivity index (χ4v) is 2.15. The van der Waals surface area contributed by atoms with Gasteiger partial charge in [-0.2, -0.15) is 5.26 Å². The molecule has 0 N–H and O–H groups in total. The molecule has 0 atom stereocenters. The summed E-state index contributed by atoms with van der Waals surface area (Å²) in [5, 5.41) is 11.3. The molecule has 0 aliphatic heterocycles. The second-order valence-corrected chi connectivity index (χ2v) is 3.94. The van der Waals surface area contributed by atoms with Gasteiger partial charge in [0.2, 0.25) is 0 Å². The summed E-state index contributed by atoms with van der Waals surface area (Å²) in [5.74, 6) is 0.809.